The van der Waals surface area contributed by atoms with E-state index >= 15 is 0 Å². The molecule has 1 unspecified atom stereocenters. The first-order chi connectivity index (χ1) is 8.49. The van der Waals surface area contributed by atoms with E-state index in [2.05, 4.69) is 6.58 Å². The van der Waals surface area contributed by atoms with Gasteiger partial charge in [-0.3, -0.25) is 0 Å². The summed E-state index contributed by atoms with van der Waals surface area (Å²) in [5.41, 5.74) is -2.08. The fourth-order valence-electron chi connectivity index (χ4n) is 1.91. The average molecular weight is 258 g/mol. The second kappa shape index (κ2) is 4.65. The van der Waals surface area contributed by atoms with Crippen molar-refractivity contribution in [3.8, 4) is 5.75 Å². The highest BCUT2D eigenvalue weighted by atomic mass is 19.4. The molecule has 0 saturated carbocycles. The molecule has 18 heavy (non-hydrogen) atoms. The van der Waals surface area contributed by atoms with Gasteiger partial charge in [0, 0.05) is 6.42 Å². The average Bonchev–Trinajstić information content (AvgIpc) is 2.23. The Morgan fingerprint density at radius 1 is 1.44 bits per heavy atom. The molecule has 1 fully saturated rings. The van der Waals surface area contributed by atoms with E-state index in [4.69, 9.17) is 9.47 Å². The highest BCUT2D eigenvalue weighted by Crippen LogP contribution is 2.50. The maximum absolute atomic E-state index is 13.0. The molecule has 0 radical (unpaired) electrons. The molecule has 2 rings (SSSR count). The Morgan fingerprint density at radius 3 is 2.67 bits per heavy atom. The Labute approximate surface area is 103 Å². The molecule has 1 aromatic carbocycles. The van der Waals surface area contributed by atoms with E-state index < -0.39 is 11.8 Å². The van der Waals surface area contributed by atoms with Crippen LogP contribution in [0.5, 0.6) is 5.75 Å². The molecule has 2 nitrogen and oxygen atoms in total. The minimum atomic E-state index is -4.41. The molecule has 1 aromatic rings. The van der Waals surface area contributed by atoms with Gasteiger partial charge in [0.25, 0.3) is 0 Å². The third-order valence-electron chi connectivity index (χ3n) is 2.93. The summed E-state index contributed by atoms with van der Waals surface area (Å²) >= 11 is 0. The second-order valence-electron chi connectivity index (χ2n) is 4.05. The maximum Gasteiger partial charge on any atom is 0.421 e. The highest BCUT2D eigenvalue weighted by Gasteiger charge is 2.61. The van der Waals surface area contributed by atoms with Crippen molar-refractivity contribution < 1.29 is 22.6 Å². The van der Waals surface area contributed by atoms with Crippen molar-refractivity contribution in [1.29, 1.82) is 0 Å². The first-order valence-electron chi connectivity index (χ1n) is 5.54. The second-order valence-corrected chi connectivity index (χ2v) is 4.05. The smallest absolute Gasteiger partial charge is 0.421 e. The van der Waals surface area contributed by atoms with Gasteiger partial charge in [-0.1, -0.05) is 24.8 Å². The lowest BCUT2D eigenvalue weighted by molar-refractivity contribution is -0.333. The van der Waals surface area contributed by atoms with E-state index in [1.165, 1.54) is 24.3 Å². The van der Waals surface area contributed by atoms with E-state index in [1.807, 2.05) is 0 Å². The van der Waals surface area contributed by atoms with E-state index in [1.54, 1.807) is 6.07 Å². The van der Waals surface area contributed by atoms with Crippen LogP contribution in [0.25, 0.3) is 0 Å². The van der Waals surface area contributed by atoms with Gasteiger partial charge in [-0.2, -0.15) is 13.2 Å². The van der Waals surface area contributed by atoms with Crippen molar-refractivity contribution in [3.05, 3.63) is 42.5 Å². The topological polar surface area (TPSA) is 18.5 Å². The minimum absolute atomic E-state index is 0.0542. The van der Waals surface area contributed by atoms with Gasteiger partial charge in [-0.05, 0) is 17.7 Å². The van der Waals surface area contributed by atoms with Crippen LogP contribution >= 0.6 is 0 Å². The Hall–Kier alpha value is -1.49. The number of hydrogen-bond acceptors (Lipinski definition) is 2. The molecular weight excluding hydrogens is 245 g/mol. The summed E-state index contributed by atoms with van der Waals surface area (Å²) in [4.78, 5) is 0. The summed E-state index contributed by atoms with van der Waals surface area (Å²) in [6.45, 7) is 3.86. The first-order valence-corrected chi connectivity index (χ1v) is 5.54. The quantitative estimate of drug-likeness (QED) is 0.770. The summed E-state index contributed by atoms with van der Waals surface area (Å²) in [6, 6.07) is 5.92. The van der Waals surface area contributed by atoms with Gasteiger partial charge in [0.15, 0.2) is 5.60 Å². The number of rotatable bonds is 4. The molecular formula is C13H13F3O2. The van der Waals surface area contributed by atoms with Gasteiger partial charge in [-0.15, -0.1) is 0 Å². The van der Waals surface area contributed by atoms with Crippen LogP contribution in [0.1, 0.15) is 12.0 Å². The van der Waals surface area contributed by atoms with E-state index in [0.717, 1.165) is 0 Å². The van der Waals surface area contributed by atoms with Crippen molar-refractivity contribution in [2.24, 2.45) is 0 Å². The zero-order valence-electron chi connectivity index (χ0n) is 9.67. The van der Waals surface area contributed by atoms with Crippen molar-refractivity contribution in [3.63, 3.8) is 0 Å². The molecule has 0 N–H and O–H groups in total. The van der Waals surface area contributed by atoms with Gasteiger partial charge in [0.1, 0.15) is 12.4 Å². The molecule has 1 heterocycles. The van der Waals surface area contributed by atoms with Crippen molar-refractivity contribution in [1.82, 2.24) is 0 Å². The molecule has 1 saturated heterocycles. The van der Waals surface area contributed by atoms with Crippen molar-refractivity contribution in [2.75, 3.05) is 13.2 Å². The Balaban J connectivity index is 2.29. The predicted octanol–water partition coefficient (Wildman–Crippen LogP) is 3.43. The van der Waals surface area contributed by atoms with E-state index in [9.17, 15) is 13.2 Å². The van der Waals surface area contributed by atoms with Gasteiger partial charge in [0.2, 0.25) is 0 Å². The number of halogens is 3. The van der Waals surface area contributed by atoms with Crippen LogP contribution in [-0.2, 0) is 10.3 Å². The molecule has 0 aromatic heterocycles. The third kappa shape index (κ3) is 2.10. The minimum Gasteiger partial charge on any atom is -0.490 e. The highest BCUT2D eigenvalue weighted by molar-refractivity contribution is 5.34. The Morgan fingerprint density at radius 2 is 2.17 bits per heavy atom. The van der Waals surface area contributed by atoms with Crippen molar-refractivity contribution in [2.45, 2.75) is 18.2 Å². The summed E-state index contributed by atoms with van der Waals surface area (Å²) in [5.74, 6) is 0.381. The van der Waals surface area contributed by atoms with Crippen LogP contribution in [0.2, 0.25) is 0 Å². The van der Waals surface area contributed by atoms with Crippen LogP contribution in [0.3, 0.4) is 0 Å². The predicted molar refractivity (Wildman–Crippen MR) is 60.4 cm³/mol. The van der Waals surface area contributed by atoms with Gasteiger partial charge < -0.3 is 9.47 Å². The molecule has 0 spiro atoms. The van der Waals surface area contributed by atoms with Crippen LogP contribution in [-0.4, -0.2) is 19.4 Å². The molecule has 1 aliphatic heterocycles. The van der Waals surface area contributed by atoms with Crippen LogP contribution in [0, 0.1) is 0 Å². The SMILES string of the molecule is C=CCOc1cccc(C2(C(F)(F)F)CCO2)c1. The number of benzene rings is 1. The molecule has 0 bridgehead atoms. The molecule has 0 aliphatic carbocycles. The van der Waals surface area contributed by atoms with Gasteiger partial charge in [0.05, 0.1) is 6.61 Å². The number of alkyl halides is 3. The standard InChI is InChI=1S/C13H13F3O2/c1-2-7-17-11-5-3-4-10(9-11)12(6-8-18-12)13(14,15)16/h2-5,9H,1,6-8H2. The molecule has 1 aliphatic rings. The fourth-order valence-corrected chi connectivity index (χ4v) is 1.91. The van der Waals surface area contributed by atoms with Crippen molar-refractivity contribution >= 4 is 0 Å². The van der Waals surface area contributed by atoms with Crippen LogP contribution < -0.4 is 4.74 Å². The fraction of sp³-hybridized carbons (Fsp3) is 0.385. The first kappa shape index (κ1) is 13.0. The molecule has 1 atom stereocenters. The van der Waals surface area contributed by atoms with Gasteiger partial charge >= 0.3 is 6.18 Å². The third-order valence-corrected chi connectivity index (χ3v) is 2.93. The number of hydrogen-bond donors (Lipinski definition) is 0. The van der Waals surface area contributed by atoms with Gasteiger partial charge in [-0.25, -0.2) is 0 Å². The van der Waals surface area contributed by atoms with E-state index in [-0.39, 0.29) is 25.2 Å². The molecule has 0 amide bonds. The summed E-state index contributed by atoms with van der Waals surface area (Å²) < 4.78 is 49.2. The summed E-state index contributed by atoms with van der Waals surface area (Å²) in [6.07, 6.45) is -2.93. The van der Waals surface area contributed by atoms with Crippen LogP contribution in [0.15, 0.2) is 36.9 Å². The summed E-state index contributed by atoms with van der Waals surface area (Å²) in [7, 11) is 0. The number of ether oxygens (including phenoxy) is 2. The molecule has 98 valence electrons. The molecule has 5 heteroatoms. The lowest BCUT2D eigenvalue weighted by Crippen LogP contribution is -2.52. The maximum atomic E-state index is 13.0. The largest absolute Gasteiger partial charge is 0.490 e. The Bertz CT molecular complexity index is 436. The summed E-state index contributed by atoms with van der Waals surface area (Å²) in [5, 5.41) is 0. The zero-order valence-corrected chi connectivity index (χ0v) is 9.67. The van der Waals surface area contributed by atoms with E-state index in [0.29, 0.717) is 5.75 Å². The zero-order chi connectivity index (χ0) is 13.2. The monoisotopic (exact) mass is 258 g/mol. The normalized spacial score (nSPS) is 23.3. The lowest BCUT2D eigenvalue weighted by atomic mass is 9.85. The lowest BCUT2D eigenvalue weighted by Gasteiger charge is -2.43. The Kier molecular flexibility index (Phi) is 3.34. The van der Waals surface area contributed by atoms with Crippen LogP contribution in [0.4, 0.5) is 13.2 Å².